The van der Waals surface area contributed by atoms with E-state index in [9.17, 15) is 0 Å². The molecule has 0 saturated heterocycles. The number of nitrogens with zero attached hydrogens (tertiary/aromatic N) is 6. The normalized spacial score (nSPS) is 9.68. The average molecular weight is 337 g/mol. The first-order valence-corrected chi connectivity index (χ1v) is 5.31. The van der Waals surface area contributed by atoms with E-state index in [0.29, 0.717) is 23.2 Å². The molecule has 3 rings (SSSR count). The molecule has 3 aromatic heterocycles. The van der Waals surface area contributed by atoms with Crippen molar-refractivity contribution in [2.45, 2.75) is 0 Å². The zero-order chi connectivity index (χ0) is 12.2. The van der Waals surface area contributed by atoms with Crippen molar-refractivity contribution in [1.82, 2.24) is 29.9 Å². The Morgan fingerprint density at radius 1 is 0.579 bits per heavy atom. The Labute approximate surface area is 122 Å². The van der Waals surface area contributed by atoms with Gasteiger partial charge in [0.1, 0.15) is 5.69 Å². The molecule has 0 unspecified atom stereocenters. The van der Waals surface area contributed by atoms with Gasteiger partial charge in [0.2, 0.25) is 0 Å². The summed E-state index contributed by atoms with van der Waals surface area (Å²) >= 11 is 0. The Hall–Kier alpha value is -2.14. The van der Waals surface area contributed by atoms with Gasteiger partial charge in [0.05, 0.1) is 0 Å². The molecule has 0 aliphatic heterocycles. The van der Waals surface area contributed by atoms with E-state index < -0.39 is 0 Å². The van der Waals surface area contributed by atoms with Crippen molar-refractivity contribution >= 4 is 0 Å². The van der Waals surface area contributed by atoms with Crippen LogP contribution in [0.4, 0.5) is 0 Å². The molecule has 0 bridgehead atoms. The second-order valence-corrected chi connectivity index (χ2v) is 3.41. The first-order chi connectivity index (χ1) is 8.93. The largest absolute Gasteiger partial charge is 0.235 e. The number of hydrogen-bond acceptors (Lipinski definition) is 6. The fourth-order valence-electron chi connectivity index (χ4n) is 1.44. The molecule has 0 N–H and O–H groups in total. The molecule has 6 nitrogen and oxygen atoms in total. The van der Waals surface area contributed by atoms with E-state index in [0.717, 1.165) is 0 Å². The van der Waals surface area contributed by atoms with E-state index in [4.69, 9.17) is 0 Å². The number of rotatable bonds is 2. The van der Waals surface area contributed by atoms with Crippen LogP contribution in [-0.2, 0) is 19.5 Å². The van der Waals surface area contributed by atoms with Crippen LogP contribution in [0.5, 0.6) is 0 Å². The number of aromatic nitrogens is 6. The van der Waals surface area contributed by atoms with E-state index >= 15 is 0 Å². The Balaban J connectivity index is 0.00000133. The molecular weight excluding hydrogens is 329 g/mol. The van der Waals surface area contributed by atoms with Crippen molar-refractivity contribution in [2.75, 3.05) is 0 Å². The molecule has 0 aliphatic rings. The Morgan fingerprint density at radius 2 is 1.11 bits per heavy atom. The molecule has 3 heterocycles. The third kappa shape index (κ3) is 3.00. The topological polar surface area (TPSA) is 77.3 Å². The van der Waals surface area contributed by atoms with Crippen LogP contribution in [0.2, 0.25) is 0 Å². The van der Waals surface area contributed by atoms with E-state index in [1.807, 2.05) is 0 Å². The first kappa shape index (κ1) is 13.3. The predicted octanol–water partition coefficient (Wildman–Crippen LogP) is 1.39. The molecule has 3 aromatic rings. The smallest absolute Gasteiger partial charge is 0.198 e. The summed E-state index contributed by atoms with van der Waals surface area (Å²) in [6, 6.07) is 5.25. The van der Waals surface area contributed by atoms with E-state index in [-0.39, 0.29) is 19.5 Å². The maximum atomic E-state index is 4.35. The van der Waals surface area contributed by atoms with E-state index in [1.165, 1.54) is 0 Å². The molecule has 7 heteroatoms. The second-order valence-electron chi connectivity index (χ2n) is 3.41. The zero-order valence-electron chi connectivity index (χ0n) is 9.66. The summed E-state index contributed by atoms with van der Waals surface area (Å²) in [5, 5.41) is 0. The van der Waals surface area contributed by atoms with Crippen LogP contribution in [0, 0.1) is 0 Å². The Bertz CT molecular complexity index is 592. The molecule has 0 spiro atoms. The maximum absolute atomic E-state index is 4.35. The van der Waals surface area contributed by atoms with Gasteiger partial charge < -0.3 is 0 Å². The van der Waals surface area contributed by atoms with Gasteiger partial charge in [0.15, 0.2) is 17.5 Å². The van der Waals surface area contributed by atoms with Crippen LogP contribution in [0.25, 0.3) is 23.2 Å². The van der Waals surface area contributed by atoms with Crippen LogP contribution >= 0.6 is 0 Å². The van der Waals surface area contributed by atoms with Crippen LogP contribution in [0.3, 0.4) is 0 Å². The van der Waals surface area contributed by atoms with Crippen molar-refractivity contribution in [3.63, 3.8) is 0 Å². The zero-order valence-corrected chi connectivity index (χ0v) is 11.4. The molecule has 0 saturated carbocycles. The maximum Gasteiger partial charge on any atom is 0.198 e. The molecule has 0 fully saturated rings. The van der Waals surface area contributed by atoms with E-state index in [1.54, 1.807) is 49.2 Å². The minimum Gasteiger partial charge on any atom is -0.235 e. The number of hydrogen-bond donors (Lipinski definition) is 0. The summed E-state index contributed by atoms with van der Waals surface area (Å²) in [6.07, 6.45) is 8.28. The van der Waals surface area contributed by atoms with Gasteiger partial charge in [-0.1, -0.05) is 0 Å². The summed E-state index contributed by atoms with van der Waals surface area (Å²) in [5.74, 6) is 1.49. The predicted molar refractivity (Wildman–Crippen MR) is 64.1 cm³/mol. The summed E-state index contributed by atoms with van der Waals surface area (Å²) in [7, 11) is 0. The first-order valence-electron chi connectivity index (χ1n) is 5.31. The van der Waals surface area contributed by atoms with Gasteiger partial charge in [-0.3, -0.25) is 0 Å². The molecular formula is C12H8N6Ru. The van der Waals surface area contributed by atoms with Gasteiger partial charge >= 0.3 is 0 Å². The molecule has 0 aromatic carbocycles. The van der Waals surface area contributed by atoms with Gasteiger partial charge in [0, 0.05) is 50.5 Å². The van der Waals surface area contributed by atoms with Crippen molar-refractivity contribution in [3.8, 4) is 23.2 Å². The van der Waals surface area contributed by atoms with Crippen LogP contribution in [0.1, 0.15) is 0 Å². The second kappa shape index (κ2) is 6.15. The van der Waals surface area contributed by atoms with Crippen molar-refractivity contribution in [1.29, 1.82) is 0 Å². The van der Waals surface area contributed by atoms with Gasteiger partial charge in [-0.2, -0.15) is 0 Å². The van der Waals surface area contributed by atoms with Gasteiger partial charge in [-0.25, -0.2) is 29.9 Å². The van der Waals surface area contributed by atoms with Crippen molar-refractivity contribution < 1.29 is 19.5 Å². The molecule has 0 amide bonds. The Kier molecular flexibility index (Phi) is 4.31. The molecule has 0 radical (unpaired) electrons. The minimum absolute atomic E-state index is 0. The third-order valence-corrected chi connectivity index (χ3v) is 2.22. The van der Waals surface area contributed by atoms with E-state index in [2.05, 4.69) is 29.9 Å². The fraction of sp³-hybridized carbons (Fsp3) is 0. The van der Waals surface area contributed by atoms with Crippen LogP contribution in [-0.4, -0.2) is 29.9 Å². The van der Waals surface area contributed by atoms with Gasteiger partial charge in [-0.05, 0) is 18.2 Å². The average Bonchev–Trinajstić information content (AvgIpc) is 2.49. The molecule has 0 atom stereocenters. The van der Waals surface area contributed by atoms with Gasteiger partial charge in [-0.15, -0.1) is 0 Å². The quantitative estimate of drug-likeness (QED) is 0.658. The standard InChI is InChI=1S/C12H8N6.Ru/c1-4-13-10(14-5-1)9-3-8-17-12(18-9)11-15-6-2-7-16-11;/h1-8H;. The monoisotopic (exact) mass is 338 g/mol. The third-order valence-electron chi connectivity index (χ3n) is 2.22. The fourth-order valence-corrected chi connectivity index (χ4v) is 1.44. The molecule has 0 aliphatic carbocycles. The van der Waals surface area contributed by atoms with Crippen molar-refractivity contribution in [2.24, 2.45) is 0 Å². The molecule has 94 valence electrons. The minimum atomic E-state index is 0. The SMILES string of the molecule is [Ru].c1cnc(-c2ccnc(-c3ncccn3)n2)nc1. The van der Waals surface area contributed by atoms with Crippen LogP contribution in [0.15, 0.2) is 49.2 Å². The van der Waals surface area contributed by atoms with Crippen molar-refractivity contribution in [3.05, 3.63) is 49.2 Å². The summed E-state index contributed by atoms with van der Waals surface area (Å²) in [5.41, 5.74) is 0.646. The summed E-state index contributed by atoms with van der Waals surface area (Å²) < 4.78 is 0. The Morgan fingerprint density at radius 3 is 1.74 bits per heavy atom. The van der Waals surface area contributed by atoms with Crippen LogP contribution < -0.4 is 0 Å². The van der Waals surface area contributed by atoms with Gasteiger partial charge in [0.25, 0.3) is 0 Å². The molecule has 19 heavy (non-hydrogen) atoms. The summed E-state index contributed by atoms with van der Waals surface area (Å²) in [4.78, 5) is 25.0. The summed E-state index contributed by atoms with van der Waals surface area (Å²) in [6.45, 7) is 0.